The Labute approximate surface area is 97.1 Å². The van der Waals surface area contributed by atoms with Crippen molar-refractivity contribution in [3.05, 3.63) is 29.8 Å². The van der Waals surface area contributed by atoms with Crippen molar-refractivity contribution in [2.24, 2.45) is 0 Å². The lowest BCUT2D eigenvalue weighted by Gasteiger charge is -2.30. The molecule has 2 N–H and O–H groups in total. The first-order valence-corrected chi connectivity index (χ1v) is 5.90. The monoisotopic (exact) mass is 220 g/mol. The maximum atomic E-state index is 9.48. The van der Waals surface area contributed by atoms with Crippen LogP contribution in [0.25, 0.3) is 0 Å². The third-order valence-electron chi connectivity index (χ3n) is 3.57. The van der Waals surface area contributed by atoms with Gasteiger partial charge in [-0.3, -0.25) is 4.90 Å². The van der Waals surface area contributed by atoms with E-state index in [-0.39, 0.29) is 0 Å². The molecule has 0 radical (unpaired) electrons. The van der Waals surface area contributed by atoms with Gasteiger partial charge >= 0.3 is 0 Å². The van der Waals surface area contributed by atoms with E-state index in [1.165, 1.54) is 12.0 Å². The number of phenols is 1. The summed E-state index contributed by atoms with van der Waals surface area (Å²) in [5.74, 6) is 0.349. The normalized spacial score (nSPS) is 22.6. The van der Waals surface area contributed by atoms with E-state index in [0.717, 1.165) is 13.1 Å². The zero-order valence-corrected chi connectivity index (χ0v) is 9.98. The molecule has 1 aliphatic rings. The minimum atomic E-state index is 0.344. The molecule has 1 saturated heterocycles. The van der Waals surface area contributed by atoms with E-state index in [0.29, 0.717) is 17.8 Å². The van der Waals surface area contributed by atoms with Gasteiger partial charge in [-0.05, 0) is 44.6 Å². The van der Waals surface area contributed by atoms with Crippen LogP contribution in [0, 0.1) is 0 Å². The Morgan fingerprint density at radius 2 is 2.31 bits per heavy atom. The quantitative estimate of drug-likeness (QED) is 0.814. The maximum Gasteiger partial charge on any atom is 0.115 e. The molecule has 0 saturated carbocycles. The number of likely N-dealkylation sites (N-methyl/N-ethyl adjacent to an activating group) is 1. The number of hydrogen-bond donors (Lipinski definition) is 2. The van der Waals surface area contributed by atoms with E-state index in [2.05, 4.69) is 30.3 Å². The fourth-order valence-electron chi connectivity index (χ4n) is 2.32. The summed E-state index contributed by atoms with van der Waals surface area (Å²) < 4.78 is 0. The summed E-state index contributed by atoms with van der Waals surface area (Å²) >= 11 is 0. The second kappa shape index (κ2) is 4.85. The van der Waals surface area contributed by atoms with E-state index in [9.17, 15) is 5.11 Å². The van der Waals surface area contributed by atoms with Gasteiger partial charge in [0.1, 0.15) is 5.75 Å². The van der Waals surface area contributed by atoms with Crippen LogP contribution >= 0.6 is 0 Å². The molecule has 2 atom stereocenters. The summed E-state index contributed by atoms with van der Waals surface area (Å²) in [7, 11) is 2.16. The highest BCUT2D eigenvalue weighted by Crippen LogP contribution is 2.25. The number of nitrogens with zero attached hydrogens (tertiary/aromatic N) is 1. The van der Waals surface area contributed by atoms with E-state index in [1.54, 1.807) is 6.07 Å². The molecule has 0 spiro atoms. The van der Waals surface area contributed by atoms with E-state index in [4.69, 9.17) is 0 Å². The molecule has 3 heteroatoms. The highest BCUT2D eigenvalue weighted by Gasteiger charge is 2.23. The zero-order chi connectivity index (χ0) is 11.5. The van der Waals surface area contributed by atoms with Gasteiger partial charge in [0.2, 0.25) is 0 Å². The van der Waals surface area contributed by atoms with E-state index in [1.807, 2.05) is 12.1 Å². The molecule has 1 heterocycles. The van der Waals surface area contributed by atoms with E-state index >= 15 is 0 Å². The maximum absolute atomic E-state index is 9.48. The van der Waals surface area contributed by atoms with Crippen molar-refractivity contribution in [3.63, 3.8) is 0 Å². The molecule has 0 aliphatic carbocycles. The summed E-state index contributed by atoms with van der Waals surface area (Å²) in [6.07, 6.45) is 1.21. The average Bonchev–Trinajstić information content (AvgIpc) is 2.80. The van der Waals surface area contributed by atoms with Gasteiger partial charge in [-0.25, -0.2) is 0 Å². The van der Waals surface area contributed by atoms with Gasteiger partial charge in [0.05, 0.1) is 0 Å². The summed E-state index contributed by atoms with van der Waals surface area (Å²) in [6.45, 7) is 4.37. The highest BCUT2D eigenvalue weighted by atomic mass is 16.3. The van der Waals surface area contributed by atoms with E-state index < -0.39 is 0 Å². The molecule has 2 unspecified atom stereocenters. The Morgan fingerprint density at radius 1 is 1.50 bits per heavy atom. The van der Waals surface area contributed by atoms with Crippen LogP contribution in [-0.4, -0.2) is 36.2 Å². The molecular formula is C13H20N2O. The van der Waals surface area contributed by atoms with Gasteiger partial charge in [-0.2, -0.15) is 0 Å². The summed E-state index contributed by atoms with van der Waals surface area (Å²) in [6, 6.07) is 8.50. The number of phenolic OH excluding ortho intramolecular Hbond substituents is 1. The van der Waals surface area contributed by atoms with Gasteiger partial charge in [0.15, 0.2) is 0 Å². The molecule has 0 bridgehead atoms. The van der Waals surface area contributed by atoms with Crippen LogP contribution in [0.2, 0.25) is 0 Å². The predicted molar refractivity (Wildman–Crippen MR) is 65.6 cm³/mol. The van der Waals surface area contributed by atoms with Crippen LogP contribution in [0.5, 0.6) is 5.75 Å². The first-order chi connectivity index (χ1) is 7.68. The summed E-state index contributed by atoms with van der Waals surface area (Å²) in [4.78, 5) is 2.38. The Hall–Kier alpha value is -1.06. The van der Waals surface area contributed by atoms with Gasteiger partial charge in [0.25, 0.3) is 0 Å². The molecule has 0 aromatic heterocycles. The molecule has 1 fully saturated rings. The number of hydrogen-bond acceptors (Lipinski definition) is 3. The smallest absolute Gasteiger partial charge is 0.115 e. The molecular weight excluding hydrogens is 200 g/mol. The minimum Gasteiger partial charge on any atom is -0.508 e. The van der Waals surface area contributed by atoms with Crippen molar-refractivity contribution < 1.29 is 5.11 Å². The minimum absolute atomic E-state index is 0.344. The second-order valence-electron chi connectivity index (χ2n) is 4.58. The molecule has 1 aliphatic heterocycles. The fourth-order valence-corrected chi connectivity index (χ4v) is 2.32. The number of aromatic hydroxyl groups is 1. The number of rotatable bonds is 3. The van der Waals surface area contributed by atoms with Crippen molar-refractivity contribution in [2.45, 2.75) is 25.4 Å². The number of benzene rings is 1. The zero-order valence-electron chi connectivity index (χ0n) is 9.98. The molecule has 1 aromatic rings. The van der Waals surface area contributed by atoms with Gasteiger partial charge in [0, 0.05) is 18.6 Å². The lowest BCUT2D eigenvalue weighted by Crippen LogP contribution is -2.35. The fraction of sp³-hybridized carbons (Fsp3) is 0.538. The topological polar surface area (TPSA) is 35.5 Å². The van der Waals surface area contributed by atoms with Crippen molar-refractivity contribution >= 4 is 0 Å². The molecule has 0 amide bonds. The second-order valence-corrected chi connectivity index (χ2v) is 4.58. The Kier molecular flexibility index (Phi) is 3.46. The van der Waals surface area contributed by atoms with Crippen LogP contribution < -0.4 is 5.32 Å². The molecule has 1 aromatic carbocycles. The van der Waals surface area contributed by atoms with Crippen molar-refractivity contribution in [1.29, 1.82) is 0 Å². The van der Waals surface area contributed by atoms with Crippen LogP contribution in [0.15, 0.2) is 24.3 Å². The van der Waals surface area contributed by atoms with Crippen LogP contribution in [0.4, 0.5) is 0 Å². The van der Waals surface area contributed by atoms with Crippen LogP contribution in [-0.2, 0) is 0 Å². The third-order valence-corrected chi connectivity index (χ3v) is 3.57. The van der Waals surface area contributed by atoms with Crippen molar-refractivity contribution in [1.82, 2.24) is 10.2 Å². The van der Waals surface area contributed by atoms with Crippen LogP contribution in [0.3, 0.4) is 0 Å². The highest BCUT2D eigenvalue weighted by molar-refractivity contribution is 5.29. The Bertz CT molecular complexity index is 348. The first-order valence-electron chi connectivity index (χ1n) is 5.90. The molecule has 2 rings (SSSR count). The summed E-state index contributed by atoms with van der Waals surface area (Å²) in [5, 5.41) is 12.9. The molecule has 3 nitrogen and oxygen atoms in total. The average molecular weight is 220 g/mol. The Balaban J connectivity index is 2.08. The SMILES string of the molecule is CC(c1cccc(O)c1)N(C)C1CCNC1. The van der Waals surface area contributed by atoms with Crippen LogP contribution in [0.1, 0.15) is 24.9 Å². The first kappa shape index (κ1) is 11.4. The molecule has 88 valence electrons. The van der Waals surface area contributed by atoms with Gasteiger partial charge in [-0.15, -0.1) is 0 Å². The van der Waals surface area contributed by atoms with Gasteiger partial charge in [-0.1, -0.05) is 12.1 Å². The summed E-state index contributed by atoms with van der Waals surface area (Å²) in [5.41, 5.74) is 1.18. The van der Waals surface area contributed by atoms with Gasteiger partial charge < -0.3 is 10.4 Å². The largest absolute Gasteiger partial charge is 0.508 e. The lowest BCUT2D eigenvalue weighted by atomic mass is 10.0. The van der Waals surface area contributed by atoms with Crippen molar-refractivity contribution in [2.75, 3.05) is 20.1 Å². The Morgan fingerprint density at radius 3 is 2.94 bits per heavy atom. The number of nitrogens with one attached hydrogen (secondary N) is 1. The lowest BCUT2D eigenvalue weighted by molar-refractivity contribution is 0.196. The predicted octanol–water partition coefficient (Wildman–Crippen LogP) is 1.75. The van der Waals surface area contributed by atoms with Crippen molar-refractivity contribution in [3.8, 4) is 5.75 Å². The standard InChI is InChI=1S/C13H20N2O/c1-10(11-4-3-5-13(16)8-11)15(2)12-6-7-14-9-12/h3-5,8,10,12,14,16H,6-7,9H2,1-2H3. The third kappa shape index (κ3) is 2.36. The molecule has 16 heavy (non-hydrogen) atoms.